The van der Waals surface area contributed by atoms with Gasteiger partial charge in [-0.05, 0) is 60.5 Å². The molecular formula is C24H23N3O3. The summed E-state index contributed by atoms with van der Waals surface area (Å²) in [6.07, 6.45) is 2.80. The Morgan fingerprint density at radius 2 is 1.67 bits per heavy atom. The van der Waals surface area contributed by atoms with Crippen LogP contribution in [-0.4, -0.2) is 18.0 Å². The normalized spacial score (nSPS) is 10.6. The molecule has 2 N–H and O–H groups in total. The van der Waals surface area contributed by atoms with Gasteiger partial charge in [0, 0.05) is 17.7 Å². The monoisotopic (exact) mass is 401 g/mol. The van der Waals surface area contributed by atoms with E-state index in [1.165, 1.54) is 0 Å². The van der Waals surface area contributed by atoms with E-state index < -0.39 is 0 Å². The molecule has 0 aliphatic carbocycles. The molecule has 0 spiro atoms. The van der Waals surface area contributed by atoms with Crippen molar-refractivity contribution in [1.82, 2.24) is 5.43 Å². The number of nitrogens with one attached hydrogen (secondary N) is 2. The molecule has 152 valence electrons. The zero-order valence-corrected chi connectivity index (χ0v) is 16.7. The molecule has 0 atom stereocenters. The number of rotatable bonds is 8. The number of carbonyl (C=O) groups excluding carboxylic acids is 2. The maximum Gasteiger partial charge on any atom is 0.271 e. The van der Waals surface area contributed by atoms with Crippen LogP contribution in [0.4, 0.5) is 5.69 Å². The van der Waals surface area contributed by atoms with E-state index in [9.17, 15) is 9.59 Å². The first-order chi connectivity index (χ1) is 14.6. The summed E-state index contributed by atoms with van der Waals surface area (Å²) in [6.45, 7) is 1.94. The fraction of sp³-hybridized carbons (Fsp3) is 0.125. The molecule has 3 aromatic rings. The Bertz CT molecular complexity index is 1020. The molecule has 0 saturated heterocycles. The second-order valence-electron chi connectivity index (χ2n) is 6.56. The van der Waals surface area contributed by atoms with Crippen molar-refractivity contribution in [2.45, 2.75) is 19.8 Å². The Balaban J connectivity index is 1.55. The van der Waals surface area contributed by atoms with Crippen molar-refractivity contribution < 1.29 is 14.3 Å². The van der Waals surface area contributed by atoms with E-state index in [-0.39, 0.29) is 11.8 Å². The van der Waals surface area contributed by atoms with Gasteiger partial charge in [-0.25, -0.2) is 5.43 Å². The minimum atomic E-state index is -0.339. The number of ether oxygens (including phenoxy) is 1. The first kappa shape index (κ1) is 20.8. The van der Waals surface area contributed by atoms with Crippen LogP contribution in [0.1, 0.15) is 35.7 Å². The Morgan fingerprint density at radius 3 is 2.40 bits per heavy atom. The van der Waals surface area contributed by atoms with Crippen molar-refractivity contribution in [3.8, 4) is 11.5 Å². The number of nitrogens with zero attached hydrogens (tertiary/aromatic N) is 1. The summed E-state index contributed by atoms with van der Waals surface area (Å²) in [5, 5.41) is 6.80. The second-order valence-corrected chi connectivity index (χ2v) is 6.56. The van der Waals surface area contributed by atoms with E-state index in [0.29, 0.717) is 23.4 Å². The topological polar surface area (TPSA) is 79.8 Å². The fourth-order valence-electron chi connectivity index (χ4n) is 2.67. The summed E-state index contributed by atoms with van der Waals surface area (Å²) in [6, 6.07) is 23.5. The molecule has 3 aromatic carbocycles. The minimum absolute atomic E-state index is 0.0437. The van der Waals surface area contributed by atoms with Gasteiger partial charge < -0.3 is 10.1 Å². The van der Waals surface area contributed by atoms with E-state index in [0.717, 1.165) is 17.7 Å². The van der Waals surface area contributed by atoms with Crippen LogP contribution in [0.2, 0.25) is 0 Å². The lowest BCUT2D eigenvalue weighted by Gasteiger charge is -2.06. The van der Waals surface area contributed by atoms with Crippen LogP contribution in [-0.2, 0) is 4.79 Å². The molecule has 30 heavy (non-hydrogen) atoms. The molecule has 0 saturated carbocycles. The van der Waals surface area contributed by atoms with Gasteiger partial charge in [0.15, 0.2) is 0 Å². The fourth-order valence-corrected chi connectivity index (χ4v) is 2.67. The van der Waals surface area contributed by atoms with Gasteiger partial charge in [0.05, 0.1) is 6.21 Å². The lowest BCUT2D eigenvalue weighted by molar-refractivity contribution is -0.116. The third kappa shape index (κ3) is 6.31. The molecule has 6 nitrogen and oxygen atoms in total. The molecule has 0 bridgehead atoms. The summed E-state index contributed by atoms with van der Waals surface area (Å²) < 4.78 is 5.79. The highest BCUT2D eigenvalue weighted by molar-refractivity contribution is 5.96. The Hall–Kier alpha value is -3.93. The predicted octanol–water partition coefficient (Wildman–Crippen LogP) is 4.98. The van der Waals surface area contributed by atoms with Gasteiger partial charge in [-0.15, -0.1) is 0 Å². The standard InChI is InChI=1S/C24H23N3O3/c1-2-7-23(28)26-20-14-12-19(13-15-20)24(29)27-25-17-18-8-6-11-22(16-18)30-21-9-4-3-5-10-21/h3-6,8-17H,2,7H2,1H3,(H,26,28)(H,27,29). The maximum absolute atomic E-state index is 12.2. The number of hydrogen-bond acceptors (Lipinski definition) is 4. The number of hydrazone groups is 1. The molecule has 0 heterocycles. The SMILES string of the molecule is CCCC(=O)Nc1ccc(C(=O)NN=Cc2cccc(Oc3ccccc3)c2)cc1. The Kier molecular flexibility index (Phi) is 7.33. The second kappa shape index (κ2) is 10.6. The summed E-state index contributed by atoms with van der Waals surface area (Å²) in [4.78, 5) is 23.9. The maximum atomic E-state index is 12.2. The number of anilines is 1. The van der Waals surface area contributed by atoms with Gasteiger partial charge in [0.2, 0.25) is 5.91 Å². The van der Waals surface area contributed by atoms with E-state index in [4.69, 9.17) is 4.74 Å². The lowest BCUT2D eigenvalue weighted by Crippen LogP contribution is -2.17. The molecule has 0 aliphatic rings. The summed E-state index contributed by atoms with van der Waals surface area (Å²) in [5.41, 5.74) is 4.39. The van der Waals surface area contributed by atoms with Crippen molar-refractivity contribution in [2.75, 3.05) is 5.32 Å². The Morgan fingerprint density at radius 1 is 0.933 bits per heavy atom. The number of benzene rings is 3. The van der Waals surface area contributed by atoms with Gasteiger partial charge in [0.1, 0.15) is 11.5 Å². The van der Waals surface area contributed by atoms with Gasteiger partial charge in [-0.3, -0.25) is 9.59 Å². The van der Waals surface area contributed by atoms with Crippen molar-refractivity contribution in [1.29, 1.82) is 0 Å². The molecule has 6 heteroatoms. The molecule has 3 rings (SSSR count). The first-order valence-electron chi connectivity index (χ1n) is 9.70. The van der Waals surface area contributed by atoms with Crippen molar-refractivity contribution in [3.05, 3.63) is 90.0 Å². The van der Waals surface area contributed by atoms with Gasteiger partial charge >= 0.3 is 0 Å². The minimum Gasteiger partial charge on any atom is -0.457 e. The number of carbonyl (C=O) groups is 2. The van der Waals surface area contributed by atoms with Crippen LogP contribution in [0.3, 0.4) is 0 Å². The number of hydrogen-bond donors (Lipinski definition) is 2. The average Bonchev–Trinajstić information content (AvgIpc) is 2.75. The summed E-state index contributed by atoms with van der Waals surface area (Å²) >= 11 is 0. The molecule has 0 unspecified atom stereocenters. The van der Waals surface area contributed by atoms with Crippen LogP contribution >= 0.6 is 0 Å². The van der Waals surface area contributed by atoms with Crippen LogP contribution < -0.4 is 15.5 Å². The highest BCUT2D eigenvalue weighted by Gasteiger charge is 2.05. The zero-order chi connectivity index (χ0) is 21.2. The van der Waals surface area contributed by atoms with Gasteiger partial charge in [0.25, 0.3) is 5.91 Å². The third-order valence-corrected chi connectivity index (χ3v) is 4.12. The lowest BCUT2D eigenvalue weighted by atomic mass is 10.2. The van der Waals surface area contributed by atoms with E-state index >= 15 is 0 Å². The van der Waals surface area contributed by atoms with E-state index in [1.54, 1.807) is 30.5 Å². The molecule has 2 amide bonds. The van der Waals surface area contributed by atoms with Crippen molar-refractivity contribution >= 4 is 23.7 Å². The molecule has 0 radical (unpaired) electrons. The largest absolute Gasteiger partial charge is 0.457 e. The van der Waals surface area contributed by atoms with Crippen LogP contribution in [0, 0.1) is 0 Å². The molecular weight excluding hydrogens is 378 g/mol. The quantitative estimate of drug-likeness (QED) is 0.413. The van der Waals surface area contributed by atoms with Crippen molar-refractivity contribution in [2.24, 2.45) is 5.10 Å². The summed E-state index contributed by atoms with van der Waals surface area (Å²) in [5.74, 6) is 1.04. The highest BCUT2D eigenvalue weighted by Crippen LogP contribution is 2.21. The zero-order valence-electron chi connectivity index (χ0n) is 16.7. The molecule has 0 aliphatic heterocycles. The average molecular weight is 401 g/mol. The van der Waals surface area contributed by atoms with E-state index in [1.807, 2.05) is 61.5 Å². The van der Waals surface area contributed by atoms with Crippen LogP contribution in [0.5, 0.6) is 11.5 Å². The summed E-state index contributed by atoms with van der Waals surface area (Å²) in [7, 11) is 0. The van der Waals surface area contributed by atoms with Crippen molar-refractivity contribution in [3.63, 3.8) is 0 Å². The van der Waals surface area contributed by atoms with Crippen LogP contribution in [0.15, 0.2) is 84.0 Å². The van der Waals surface area contributed by atoms with Gasteiger partial charge in [-0.1, -0.05) is 37.3 Å². The smallest absolute Gasteiger partial charge is 0.271 e. The third-order valence-electron chi connectivity index (χ3n) is 4.12. The van der Waals surface area contributed by atoms with E-state index in [2.05, 4.69) is 15.8 Å². The first-order valence-corrected chi connectivity index (χ1v) is 9.70. The molecule has 0 aromatic heterocycles. The Labute approximate surface area is 175 Å². The number of amides is 2. The molecule has 0 fully saturated rings. The highest BCUT2D eigenvalue weighted by atomic mass is 16.5. The van der Waals surface area contributed by atoms with Gasteiger partial charge in [-0.2, -0.15) is 5.10 Å². The predicted molar refractivity (Wildman–Crippen MR) is 118 cm³/mol. The number of para-hydroxylation sites is 1. The van der Waals surface area contributed by atoms with Crippen LogP contribution in [0.25, 0.3) is 0 Å².